The van der Waals surface area contributed by atoms with Crippen LogP contribution >= 0.6 is 11.8 Å². The molecule has 0 saturated carbocycles. The van der Waals surface area contributed by atoms with E-state index in [9.17, 15) is 4.79 Å². The number of nitrogens with zero attached hydrogens (tertiary/aromatic N) is 2. The fraction of sp³-hybridized carbons (Fsp3) is 0.733. The Hall–Kier alpha value is -0.970. The molecular weight excluding hydrogens is 272 g/mol. The molecule has 0 bridgehead atoms. The minimum absolute atomic E-state index is 0.00943. The zero-order valence-corrected chi connectivity index (χ0v) is 14.0. The lowest BCUT2D eigenvalue weighted by Gasteiger charge is -2.26. The molecule has 1 aromatic heterocycles. The maximum Gasteiger partial charge on any atom is 0.313 e. The Balaban J connectivity index is 3.05. The third-order valence-corrected chi connectivity index (χ3v) is 4.22. The van der Waals surface area contributed by atoms with Crippen molar-refractivity contribution in [2.24, 2.45) is 0 Å². The molecule has 0 saturated heterocycles. The number of imidazole rings is 1. The minimum Gasteiger partial charge on any atom is -0.481 e. The summed E-state index contributed by atoms with van der Waals surface area (Å²) in [6.07, 6.45) is 5.33. The normalized spacial score (nSPS) is 13.4. The fourth-order valence-electron chi connectivity index (χ4n) is 2.19. The van der Waals surface area contributed by atoms with Crippen LogP contribution in [-0.4, -0.2) is 26.4 Å². The quantitative estimate of drug-likeness (QED) is 0.770. The zero-order chi connectivity index (χ0) is 15.3. The molecule has 1 atom stereocenters. The van der Waals surface area contributed by atoms with Crippen LogP contribution in [0.4, 0.5) is 0 Å². The van der Waals surface area contributed by atoms with Crippen molar-refractivity contribution in [3.8, 4) is 0 Å². The highest BCUT2D eigenvalue weighted by atomic mass is 32.2. The highest BCUT2D eigenvalue weighted by Crippen LogP contribution is 2.32. The molecule has 1 rings (SSSR count). The van der Waals surface area contributed by atoms with E-state index in [1.807, 2.05) is 6.20 Å². The second-order valence-electron chi connectivity index (χ2n) is 6.22. The zero-order valence-electron chi connectivity index (χ0n) is 13.1. The van der Waals surface area contributed by atoms with Crippen LogP contribution in [0.15, 0.2) is 11.4 Å². The molecule has 4 nitrogen and oxygen atoms in total. The summed E-state index contributed by atoms with van der Waals surface area (Å²) < 4.78 is 2.23. The predicted molar refractivity (Wildman–Crippen MR) is 83.5 cm³/mol. The van der Waals surface area contributed by atoms with Crippen molar-refractivity contribution in [2.45, 2.75) is 70.5 Å². The van der Waals surface area contributed by atoms with Crippen molar-refractivity contribution in [2.75, 3.05) is 5.75 Å². The first-order valence-electron chi connectivity index (χ1n) is 7.19. The Morgan fingerprint density at radius 1 is 1.50 bits per heavy atom. The van der Waals surface area contributed by atoms with E-state index in [1.165, 1.54) is 30.3 Å². The lowest BCUT2D eigenvalue weighted by molar-refractivity contribution is -0.133. The molecule has 1 unspecified atom stereocenters. The van der Waals surface area contributed by atoms with Gasteiger partial charge >= 0.3 is 5.97 Å². The summed E-state index contributed by atoms with van der Waals surface area (Å²) in [6, 6.07) is 0.350. The Labute approximate surface area is 126 Å². The first-order valence-corrected chi connectivity index (χ1v) is 8.18. The Morgan fingerprint density at radius 2 is 2.15 bits per heavy atom. The number of rotatable bonds is 7. The number of hydrogen-bond donors (Lipinski definition) is 1. The molecule has 114 valence electrons. The van der Waals surface area contributed by atoms with Crippen LogP contribution in [0.3, 0.4) is 0 Å². The number of carboxylic acids is 1. The van der Waals surface area contributed by atoms with Gasteiger partial charge in [0.25, 0.3) is 0 Å². The van der Waals surface area contributed by atoms with Crippen LogP contribution in [-0.2, 0) is 10.2 Å². The van der Waals surface area contributed by atoms with E-state index in [-0.39, 0.29) is 11.2 Å². The highest BCUT2D eigenvalue weighted by molar-refractivity contribution is 7.99. The van der Waals surface area contributed by atoms with E-state index >= 15 is 0 Å². The van der Waals surface area contributed by atoms with E-state index in [0.29, 0.717) is 6.04 Å². The van der Waals surface area contributed by atoms with E-state index in [2.05, 4.69) is 44.2 Å². The molecule has 0 fully saturated rings. The van der Waals surface area contributed by atoms with Crippen LogP contribution in [0.1, 0.15) is 65.6 Å². The maximum atomic E-state index is 10.8. The van der Waals surface area contributed by atoms with E-state index < -0.39 is 5.97 Å². The molecule has 0 spiro atoms. The van der Waals surface area contributed by atoms with Crippen molar-refractivity contribution < 1.29 is 9.90 Å². The molecule has 1 heterocycles. The number of unbranched alkanes of at least 4 members (excludes halogenated alkanes) is 1. The molecule has 1 N–H and O–H groups in total. The van der Waals surface area contributed by atoms with Gasteiger partial charge in [-0.05, 0) is 13.3 Å². The summed E-state index contributed by atoms with van der Waals surface area (Å²) in [5, 5.41) is 9.67. The van der Waals surface area contributed by atoms with Gasteiger partial charge in [0.1, 0.15) is 0 Å². The van der Waals surface area contributed by atoms with E-state index in [4.69, 9.17) is 5.11 Å². The fourth-order valence-corrected chi connectivity index (χ4v) is 2.98. The van der Waals surface area contributed by atoms with Crippen LogP contribution in [0.5, 0.6) is 0 Å². The molecule has 0 aliphatic heterocycles. The second kappa shape index (κ2) is 7.16. The van der Waals surface area contributed by atoms with Gasteiger partial charge < -0.3 is 9.67 Å². The van der Waals surface area contributed by atoms with Crippen molar-refractivity contribution in [1.82, 2.24) is 9.55 Å². The summed E-state index contributed by atoms with van der Waals surface area (Å²) in [4.78, 5) is 15.2. The molecule has 20 heavy (non-hydrogen) atoms. The summed E-state index contributed by atoms with van der Waals surface area (Å²) in [5.41, 5.74) is 1.18. The molecular formula is C15H26N2O2S. The number of thioether (sulfide) groups is 1. The summed E-state index contributed by atoms with van der Waals surface area (Å²) in [6.45, 7) is 10.9. The molecule has 5 heteroatoms. The number of aliphatic carboxylic acids is 1. The first kappa shape index (κ1) is 17.1. The molecule has 1 aromatic rings. The molecule has 0 amide bonds. The Morgan fingerprint density at radius 3 is 2.65 bits per heavy atom. The summed E-state index contributed by atoms with van der Waals surface area (Å²) >= 11 is 1.31. The summed E-state index contributed by atoms with van der Waals surface area (Å²) in [7, 11) is 0. The highest BCUT2D eigenvalue weighted by Gasteiger charge is 2.24. The average Bonchev–Trinajstić information content (AvgIpc) is 2.77. The van der Waals surface area contributed by atoms with Crippen molar-refractivity contribution in [1.29, 1.82) is 0 Å². The second-order valence-corrected chi connectivity index (χ2v) is 7.16. The van der Waals surface area contributed by atoms with Crippen LogP contribution < -0.4 is 0 Å². The Bertz CT molecular complexity index is 449. The van der Waals surface area contributed by atoms with Gasteiger partial charge in [-0.1, -0.05) is 52.3 Å². The van der Waals surface area contributed by atoms with Gasteiger partial charge in [0, 0.05) is 23.3 Å². The van der Waals surface area contributed by atoms with E-state index in [1.54, 1.807) is 0 Å². The number of aromatic nitrogens is 2. The third-order valence-electron chi connectivity index (χ3n) is 3.27. The number of carboxylic acid groups (broad SMARTS) is 1. The SMILES string of the molecule is CCCCC(C)n1c(C(C)(C)C)cnc1SCC(=O)O. The minimum atomic E-state index is -0.803. The largest absolute Gasteiger partial charge is 0.481 e. The summed E-state index contributed by atoms with van der Waals surface area (Å²) in [5.74, 6) is -0.746. The van der Waals surface area contributed by atoms with Crippen LogP contribution in [0, 0.1) is 0 Å². The van der Waals surface area contributed by atoms with Gasteiger partial charge in [0.15, 0.2) is 5.16 Å². The first-order chi connectivity index (χ1) is 9.27. The van der Waals surface area contributed by atoms with Gasteiger partial charge in [0.05, 0.1) is 5.75 Å². The van der Waals surface area contributed by atoms with Crippen LogP contribution in [0.25, 0.3) is 0 Å². The van der Waals surface area contributed by atoms with Crippen LogP contribution in [0.2, 0.25) is 0 Å². The molecule has 0 aliphatic rings. The lowest BCUT2D eigenvalue weighted by atomic mass is 9.92. The maximum absolute atomic E-state index is 10.8. The van der Waals surface area contributed by atoms with Gasteiger partial charge in [-0.25, -0.2) is 4.98 Å². The van der Waals surface area contributed by atoms with Crippen molar-refractivity contribution >= 4 is 17.7 Å². The average molecular weight is 298 g/mol. The van der Waals surface area contributed by atoms with Gasteiger partial charge in [0.2, 0.25) is 0 Å². The monoisotopic (exact) mass is 298 g/mol. The number of hydrogen-bond acceptors (Lipinski definition) is 3. The molecule has 0 aliphatic carbocycles. The number of carbonyl (C=O) groups is 1. The third kappa shape index (κ3) is 4.54. The van der Waals surface area contributed by atoms with E-state index in [0.717, 1.165) is 11.6 Å². The standard InChI is InChI=1S/C15H26N2O2S/c1-6-7-8-11(2)17-12(15(3,4)5)9-16-14(17)20-10-13(18)19/h9,11H,6-8,10H2,1-5H3,(H,18,19). The smallest absolute Gasteiger partial charge is 0.313 e. The lowest BCUT2D eigenvalue weighted by Crippen LogP contribution is -2.20. The van der Waals surface area contributed by atoms with Crippen molar-refractivity contribution in [3.63, 3.8) is 0 Å². The van der Waals surface area contributed by atoms with Crippen molar-refractivity contribution in [3.05, 3.63) is 11.9 Å². The Kier molecular flexibility index (Phi) is 6.11. The van der Waals surface area contributed by atoms with Gasteiger partial charge in [-0.15, -0.1) is 0 Å². The molecule has 0 radical (unpaired) electrons. The van der Waals surface area contributed by atoms with Gasteiger partial charge in [-0.2, -0.15) is 0 Å². The topological polar surface area (TPSA) is 55.1 Å². The van der Waals surface area contributed by atoms with Gasteiger partial charge in [-0.3, -0.25) is 4.79 Å². The molecule has 0 aromatic carbocycles. The predicted octanol–water partition coefficient (Wildman–Crippen LogP) is 4.11.